The highest BCUT2D eigenvalue weighted by molar-refractivity contribution is 6.00. The minimum atomic E-state index is -1.06. The number of benzene rings is 1. The van der Waals surface area contributed by atoms with Crippen LogP contribution in [0.2, 0.25) is 0 Å². The molecule has 0 bridgehead atoms. The van der Waals surface area contributed by atoms with Crippen LogP contribution in [0.25, 0.3) is 11.3 Å². The molecule has 7 heteroatoms. The molecule has 1 unspecified atom stereocenters. The maximum Gasteiger partial charge on any atom is 0.279 e. The molecule has 120 valence electrons. The van der Waals surface area contributed by atoms with Crippen LogP contribution < -0.4 is 5.73 Å². The van der Waals surface area contributed by atoms with Gasteiger partial charge in [0, 0.05) is 19.0 Å². The predicted molar refractivity (Wildman–Crippen MR) is 81.4 cm³/mol. The molecule has 1 atom stereocenters. The summed E-state index contributed by atoms with van der Waals surface area (Å²) in [6, 6.07) is 7.58. The van der Waals surface area contributed by atoms with E-state index in [1.165, 1.54) is 4.90 Å². The quantitative estimate of drug-likeness (QED) is 0.919. The van der Waals surface area contributed by atoms with Crippen LogP contribution in [0, 0.1) is 13.8 Å². The molecule has 0 radical (unpaired) electrons. The summed E-state index contributed by atoms with van der Waals surface area (Å²) in [7, 11) is 0. The van der Waals surface area contributed by atoms with Crippen LogP contribution in [0.15, 0.2) is 28.7 Å². The Kier molecular flexibility index (Phi) is 3.87. The van der Waals surface area contributed by atoms with E-state index in [1.807, 2.05) is 31.2 Å². The lowest BCUT2D eigenvalue weighted by Crippen LogP contribution is -2.44. The highest BCUT2D eigenvalue weighted by Crippen LogP contribution is 2.27. The molecule has 1 saturated heterocycles. The Morgan fingerprint density at radius 2 is 2.13 bits per heavy atom. The molecule has 0 spiro atoms. The normalized spacial score (nSPS) is 17.5. The second-order valence-electron chi connectivity index (χ2n) is 5.40. The predicted octanol–water partition coefficient (Wildman–Crippen LogP) is 1.24. The minimum Gasteiger partial charge on any atom is -0.440 e. The van der Waals surface area contributed by atoms with Gasteiger partial charge in [0.15, 0.2) is 17.3 Å². The van der Waals surface area contributed by atoms with Crippen molar-refractivity contribution in [1.29, 1.82) is 0 Å². The van der Waals surface area contributed by atoms with Gasteiger partial charge in [0.25, 0.3) is 11.8 Å². The summed E-state index contributed by atoms with van der Waals surface area (Å²) in [5.41, 5.74) is 7.22. The number of rotatable bonds is 3. The number of hydrogen-bond acceptors (Lipinski definition) is 5. The van der Waals surface area contributed by atoms with E-state index in [4.69, 9.17) is 14.9 Å². The summed E-state index contributed by atoms with van der Waals surface area (Å²) in [6.45, 7) is 4.16. The second kappa shape index (κ2) is 5.85. The number of ether oxygens (including phenoxy) is 1. The van der Waals surface area contributed by atoms with Crippen LogP contribution in [0.5, 0.6) is 0 Å². The van der Waals surface area contributed by atoms with Crippen molar-refractivity contribution in [1.82, 2.24) is 9.88 Å². The molecule has 2 amide bonds. The van der Waals surface area contributed by atoms with E-state index in [0.717, 1.165) is 11.1 Å². The summed E-state index contributed by atoms with van der Waals surface area (Å²) in [6.07, 6.45) is -1.06. The number of carbonyl (C=O) groups is 2. The van der Waals surface area contributed by atoms with E-state index in [1.54, 1.807) is 6.92 Å². The number of nitrogens with two attached hydrogens (primary N) is 1. The zero-order valence-electron chi connectivity index (χ0n) is 12.9. The number of primary amides is 1. The zero-order valence-corrected chi connectivity index (χ0v) is 12.9. The van der Waals surface area contributed by atoms with Crippen molar-refractivity contribution in [3.05, 3.63) is 41.4 Å². The van der Waals surface area contributed by atoms with Gasteiger partial charge >= 0.3 is 0 Å². The molecule has 2 N–H and O–H groups in total. The van der Waals surface area contributed by atoms with Gasteiger partial charge in [0.05, 0.1) is 6.61 Å². The number of carbonyl (C=O) groups excluding carboxylic acids is 2. The fourth-order valence-corrected chi connectivity index (χ4v) is 2.60. The molecule has 0 aliphatic carbocycles. The van der Waals surface area contributed by atoms with Gasteiger partial charge in [-0.2, -0.15) is 0 Å². The molecule has 0 saturated carbocycles. The van der Waals surface area contributed by atoms with Gasteiger partial charge in [-0.1, -0.05) is 23.8 Å². The topological polar surface area (TPSA) is 98.7 Å². The Hall–Kier alpha value is -2.67. The first-order valence-electron chi connectivity index (χ1n) is 7.23. The molecule has 1 aliphatic rings. The number of aromatic nitrogens is 1. The van der Waals surface area contributed by atoms with Gasteiger partial charge in [0.1, 0.15) is 0 Å². The van der Waals surface area contributed by atoms with Crippen molar-refractivity contribution < 1.29 is 18.7 Å². The van der Waals surface area contributed by atoms with Crippen molar-refractivity contribution in [2.45, 2.75) is 20.1 Å². The molecular weight excluding hydrogens is 298 g/mol. The van der Waals surface area contributed by atoms with E-state index < -0.39 is 18.0 Å². The average molecular weight is 315 g/mol. The van der Waals surface area contributed by atoms with Crippen molar-refractivity contribution in [2.24, 2.45) is 5.73 Å². The SMILES string of the molecule is Cc1cccc(-c2oc(C)nc2C(=O)N2CCOC2C(N)=O)c1. The number of oxazole rings is 1. The molecule has 1 aromatic heterocycles. The number of amides is 2. The van der Waals surface area contributed by atoms with Gasteiger partial charge in [-0.25, -0.2) is 4.98 Å². The lowest BCUT2D eigenvalue weighted by atomic mass is 10.1. The summed E-state index contributed by atoms with van der Waals surface area (Å²) >= 11 is 0. The molecule has 1 aliphatic heterocycles. The lowest BCUT2D eigenvalue weighted by molar-refractivity contribution is -0.131. The second-order valence-corrected chi connectivity index (χ2v) is 5.40. The van der Waals surface area contributed by atoms with E-state index >= 15 is 0 Å². The molecule has 3 rings (SSSR count). The van der Waals surface area contributed by atoms with Gasteiger partial charge in [-0.15, -0.1) is 0 Å². The fourth-order valence-electron chi connectivity index (χ4n) is 2.60. The third-order valence-electron chi connectivity index (χ3n) is 3.61. The largest absolute Gasteiger partial charge is 0.440 e. The zero-order chi connectivity index (χ0) is 16.6. The molecule has 2 heterocycles. The first-order valence-corrected chi connectivity index (χ1v) is 7.23. The molecule has 2 aromatic rings. The summed E-state index contributed by atoms with van der Waals surface area (Å²) in [4.78, 5) is 29.6. The molecule has 1 aromatic carbocycles. The van der Waals surface area contributed by atoms with Gasteiger partial charge < -0.3 is 19.8 Å². The van der Waals surface area contributed by atoms with E-state index in [-0.39, 0.29) is 18.8 Å². The Bertz CT molecular complexity index is 768. The van der Waals surface area contributed by atoms with Crippen molar-refractivity contribution in [3.63, 3.8) is 0 Å². The van der Waals surface area contributed by atoms with E-state index in [2.05, 4.69) is 4.98 Å². The van der Waals surface area contributed by atoms with Crippen LogP contribution in [0.3, 0.4) is 0 Å². The minimum absolute atomic E-state index is 0.157. The maximum atomic E-state index is 12.8. The number of hydrogen-bond donors (Lipinski definition) is 1. The van der Waals surface area contributed by atoms with Gasteiger partial charge in [-0.3, -0.25) is 9.59 Å². The standard InChI is InChI=1S/C16H17N3O4/c1-9-4-3-5-11(8-9)13-12(18-10(2)23-13)15(21)19-6-7-22-16(19)14(17)20/h3-5,8,16H,6-7H2,1-2H3,(H2,17,20). The van der Waals surface area contributed by atoms with E-state index in [9.17, 15) is 9.59 Å². The van der Waals surface area contributed by atoms with Crippen LogP contribution in [0.1, 0.15) is 21.9 Å². The smallest absolute Gasteiger partial charge is 0.279 e. The summed E-state index contributed by atoms with van der Waals surface area (Å²) in [5.74, 6) is -0.375. The maximum absolute atomic E-state index is 12.8. The molecular formula is C16H17N3O4. The number of aryl methyl sites for hydroxylation is 2. The Morgan fingerprint density at radius 1 is 1.35 bits per heavy atom. The highest BCUT2D eigenvalue weighted by Gasteiger charge is 2.37. The van der Waals surface area contributed by atoms with Gasteiger partial charge in [-0.05, 0) is 13.0 Å². The fraction of sp³-hybridized carbons (Fsp3) is 0.312. The summed E-state index contributed by atoms with van der Waals surface area (Å²) in [5, 5.41) is 0. The van der Waals surface area contributed by atoms with Crippen LogP contribution in [-0.4, -0.2) is 41.1 Å². The summed E-state index contributed by atoms with van der Waals surface area (Å²) < 4.78 is 10.8. The van der Waals surface area contributed by atoms with Crippen LogP contribution in [0.4, 0.5) is 0 Å². The van der Waals surface area contributed by atoms with Crippen molar-refractivity contribution >= 4 is 11.8 Å². The van der Waals surface area contributed by atoms with Crippen LogP contribution >= 0.6 is 0 Å². The molecule has 1 fully saturated rings. The van der Waals surface area contributed by atoms with Gasteiger partial charge in [0.2, 0.25) is 6.23 Å². The Balaban J connectivity index is 2.00. The first kappa shape index (κ1) is 15.2. The molecule has 23 heavy (non-hydrogen) atoms. The average Bonchev–Trinajstić information content (AvgIpc) is 3.13. The molecule has 7 nitrogen and oxygen atoms in total. The van der Waals surface area contributed by atoms with E-state index in [0.29, 0.717) is 11.7 Å². The monoisotopic (exact) mass is 315 g/mol. The Morgan fingerprint density at radius 3 is 2.83 bits per heavy atom. The lowest BCUT2D eigenvalue weighted by Gasteiger charge is -2.19. The first-order chi connectivity index (χ1) is 11.0. The van der Waals surface area contributed by atoms with Crippen LogP contribution in [-0.2, 0) is 9.53 Å². The third-order valence-corrected chi connectivity index (χ3v) is 3.61. The number of nitrogens with zero attached hydrogens (tertiary/aromatic N) is 2. The Labute approximate surface area is 133 Å². The third kappa shape index (κ3) is 2.83. The highest BCUT2D eigenvalue weighted by atomic mass is 16.5. The van der Waals surface area contributed by atoms with Crippen molar-refractivity contribution in [2.75, 3.05) is 13.2 Å². The van der Waals surface area contributed by atoms with Crippen molar-refractivity contribution in [3.8, 4) is 11.3 Å².